The number of rotatable bonds is 3. The van der Waals surface area contributed by atoms with Crippen LogP contribution in [0.5, 0.6) is 11.5 Å². The van der Waals surface area contributed by atoms with Gasteiger partial charge < -0.3 is 14.6 Å². The molecule has 20 heavy (non-hydrogen) atoms. The maximum atomic E-state index is 11.4. The van der Waals surface area contributed by atoms with Gasteiger partial charge in [0.15, 0.2) is 11.5 Å². The maximum absolute atomic E-state index is 11.4. The number of benzene rings is 2. The molecule has 3 rings (SSSR count). The summed E-state index contributed by atoms with van der Waals surface area (Å²) >= 11 is 0. The van der Waals surface area contributed by atoms with Crippen molar-refractivity contribution in [3.8, 4) is 11.5 Å². The van der Waals surface area contributed by atoms with E-state index in [1.165, 1.54) is 0 Å². The van der Waals surface area contributed by atoms with Gasteiger partial charge in [-0.2, -0.15) is 0 Å². The third-order valence-electron chi connectivity index (χ3n) is 3.02. The van der Waals surface area contributed by atoms with Crippen LogP contribution in [0, 0.1) is 0 Å². The molecule has 0 amide bonds. The predicted molar refractivity (Wildman–Crippen MR) is 74.5 cm³/mol. The molecular formula is C16H12O4. The van der Waals surface area contributed by atoms with E-state index in [1.807, 2.05) is 18.2 Å². The second-order valence-electron chi connectivity index (χ2n) is 4.34. The lowest BCUT2D eigenvalue weighted by molar-refractivity contribution is -0.130. The van der Waals surface area contributed by atoms with Gasteiger partial charge in [-0.05, 0) is 29.3 Å². The van der Waals surface area contributed by atoms with Crippen LogP contribution in [-0.4, -0.2) is 17.9 Å². The number of hydrogen-bond acceptors (Lipinski definition) is 3. The monoisotopic (exact) mass is 268 g/mol. The van der Waals surface area contributed by atoms with Crippen molar-refractivity contribution in [2.24, 2.45) is 0 Å². The Labute approximate surface area is 115 Å². The standard InChI is InChI=1S/C16H12O4/c17-16(18)13(12-4-2-1-3-5-12)8-11-6-7-14-15(9-11)20-10-19-14/h1-9H,10H2,(H,17,18)/b13-8+. The van der Waals surface area contributed by atoms with E-state index >= 15 is 0 Å². The molecule has 4 nitrogen and oxygen atoms in total. The summed E-state index contributed by atoms with van der Waals surface area (Å²) in [5.74, 6) is 0.351. The molecule has 0 spiro atoms. The summed E-state index contributed by atoms with van der Waals surface area (Å²) in [6.45, 7) is 0.201. The number of carboxylic acids is 1. The van der Waals surface area contributed by atoms with Gasteiger partial charge in [0.25, 0.3) is 0 Å². The van der Waals surface area contributed by atoms with E-state index in [0.29, 0.717) is 17.1 Å². The molecule has 100 valence electrons. The minimum Gasteiger partial charge on any atom is -0.478 e. The highest BCUT2D eigenvalue weighted by Crippen LogP contribution is 2.33. The molecule has 0 bridgehead atoms. The zero-order chi connectivity index (χ0) is 13.9. The van der Waals surface area contributed by atoms with E-state index < -0.39 is 5.97 Å². The zero-order valence-electron chi connectivity index (χ0n) is 10.6. The Balaban J connectivity index is 2.01. The number of carboxylic acid groups (broad SMARTS) is 1. The van der Waals surface area contributed by atoms with Crippen LogP contribution in [0.3, 0.4) is 0 Å². The minimum absolute atomic E-state index is 0.201. The summed E-state index contributed by atoms with van der Waals surface area (Å²) in [6.07, 6.45) is 1.62. The Morgan fingerprint density at radius 2 is 1.80 bits per heavy atom. The average Bonchev–Trinajstić information content (AvgIpc) is 2.93. The molecule has 0 aromatic heterocycles. The van der Waals surface area contributed by atoms with Crippen LogP contribution >= 0.6 is 0 Å². The van der Waals surface area contributed by atoms with Gasteiger partial charge in [0, 0.05) is 0 Å². The van der Waals surface area contributed by atoms with Crippen LogP contribution in [0.15, 0.2) is 48.5 Å². The third-order valence-corrected chi connectivity index (χ3v) is 3.02. The van der Waals surface area contributed by atoms with Crippen LogP contribution in [0.4, 0.5) is 0 Å². The second kappa shape index (κ2) is 5.09. The van der Waals surface area contributed by atoms with Gasteiger partial charge in [0.05, 0.1) is 5.57 Å². The van der Waals surface area contributed by atoms with Gasteiger partial charge in [-0.25, -0.2) is 4.79 Å². The van der Waals surface area contributed by atoms with Crippen molar-refractivity contribution in [3.05, 3.63) is 59.7 Å². The van der Waals surface area contributed by atoms with Gasteiger partial charge in [-0.3, -0.25) is 0 Å². The molecule has 0 unspecified atom stereocenters. The van der Waals surface area contributed by atoms with Crippen LogP contribution in [0.25, 0.3) is 11.6 Å². The summed E-state index contributed by atoms with van der Waals surface area (Å²) in [7, 11) is 0. The van der Waals surface area contributed by atoms with Gasteiger partial charge >= 0.3 is 5.97 Å². The molecule has 1 heterocycles. The third kappa shape index (κ3) is 2.36. The highest BCUT2D eigenvalue weighted by molar-refractivity contribution is 6.20. The van der Waals surface area contributed by atoms with Crippen molar-refractivity contribution < 1.29 is 19.4 Å². The van der Waals surface area contributed by atoms with Crippen molar-refractivity contribution in [2.75, 3.05) is 6.79 Å². The lowest BCUT2D eigenvalue weighted by atomic mass is 10.0. The second-order valence-corrected chi connectivity index (χ2v) is 4.34. The lowest BCUT2D eigenvalue weighted by Gasteiger charge is -2.03. The number of fused-ring (bicyclic) bond motifs is 1. The van der Waals surface area contributed by atoms with E-state index in [0.717, 1.165) is 5.56 Å². The average molecular weight is 268 g/mol. The predicted octanol–water partition coefficient (Wildman–Crippen LogP) is 3.04. The Kier molecular flexibility index (Phi) is 3.13. The Hall–Kier alpha value is -2.75. The van der Waals surface area contributed by atoms with E-state index in [4.69, 9.17) is 9.47 Å². The molecule has 0 saturated heterocycles. The normalized spacial score (nSPS) is 13.3. The van der Waals surface area contributed by atoms with Gasteiger partial charge in [0.1, 0.15) is 0 Å². The highest BCUT2D eigenvalue weighted by Gasteiger charge is 2.14. The highest BCUT2D eigenvalue weighted by atomic mass is 16.7. The molecule has 2 aromatic carbocycles. The van der Waals surface area contributed by atoms with E-state index in [1.54, 1.807) is 36.4 Å². The first-order valence-electron chi connectivity index (χ1n) is 6.14. The Morgan fingerprint density at radius 3 is 2.55 bits per heavy atom. The van der Waals surface area contributed by atoms with Crippen LogP contribution in [0.1, 0.15) is 11.1 Å². The van der Waals surface area contributed by atoms with Gasteiger partial charge in [0.2, 0.25) is 6.79 Å². The molecule has 0 radical (unpaired) electrons. The number of carbonyl (C=O) groups is 1. The number of hydrogen-bond donors (Lipinski definition) is 1. The summed E-state index contributed by atoms with van der Waals surface area (Å²) in [5.41, 5.74) is 1.66. The number of ether oxygens (including phenoxy) is 2. The topological polar surface area (TPSA) is 55.8 Å². The van der Waals surface area contributed by atoms with E-state index in [9.17, 15) is 9.90 Å². The molecule has 1 aliphatic heterocycles. The largest absolute Gasteiger partial charge is 0.478 e. The maximum Gasteiger partial charge on any atom is 0.336 e. The molecular weight excluding hydrogens is 256 g/mol. The number of aliphatic carboxylic acids is 1. The lowest BCUT2D eigenvalue weighted by Crippen LogP contribution is -1.99. The molecule has 2 aromatic rings. The first-order chi connectivity index (χ1) is 9.74. The molecule has 0 atom stereocenters. The molecule has 1 N–H and O–H groups in total. The fraction of sp³-hybridized carbons (Fsp3) is 0.0625. The Morgan fingerprint density at radius 1 is 1.05 bits per heavy atom. The fourth-order valence-electron chi connectivity index (χ4n) is 2.06. The smallest absolute Gasteiger partial charge is 0.336 e. The fourth-order valence-corrected chi connectivity index (χ4v) is 2.06. The SMILES string of the molecule is O=C(O)/C(=C/c1ccc2c(c1)OCO2)c1ccccc1. The summed E-state index contributed by atoms with van der Waals surface area (Å²) in [5, 5.41) is 9.36. The van der Waals surface area contributed by atoms with E-state index in [-0.39, 0.29) is 12.4 Å². The summed E-state index contributed by atoms with van der Waals surface area (Å²) in [6, 6.07) is 14.4. The Bertz CT molecular complexity index is 674. The quantitative estimate of drug-likeness (QED) is 0.686. The van der Waals surface area contributed by atoms with Crippen LogP contribution in [0.2, 0.25) is 0 Å². The van der Waals surface area contributed by atoms with Crippen molar-refractivity contribution >= 4 is 17.6 Å². The first-order valence-corrected chi connectivity index (χ1v) is 6.14. The molecule has 0 aliphatic carbocycles. The van der Waals surface area contributed by atoms with E-state index in [2.05, 4.69) is 0 Å². The van der Waals surface area contributed by atoms with Crippen molar-refractivity contribution in [1.29, 1.82) is 0 Å². The van der Waals surface area contributed by atoms with Crippen LogP contribution < -0.4 is 9.47 Å². The van der Waals surface area contributed by atoms with Crippen molar-refractivity contribution in [1.82, 2.24) is 0 Å². The molecule has 1 aliphatic rings. The zero-order valence-corrected chi connectivity index (χ0v) is 10.6. The first kappa shape index (κ1) is 12.3. The minimum atomic E-state index is -0.964. The molecule has 4 heteroatoms. The van der Waals surface area contributed by atoms with Gasteiger partial charge in [-0.1, -0.05) is 36.4 Å². The molecule has 0 fully saturated rings. The summed E-state index contributed by atoms with van der Waals surface area (Å²) in [4.78, 5) is 11.4. The van der Waals surface area contributed by atoms with Gasteiger partial charge in [-0.15, -0.1) is 0 Å². The van der Waals surface area contributed by atoms with Crippen molar-refractivity contribution in [2.45, 2.75) is 0 Å². The summed E-state index contributed by atoms with van der Waals surface area (Å²) < 4.78 is 10.5. The van der Waals surface area contributed by atoms with Crippen molar-refractivity contribution in [3.63, 3.8) is 0 Å². The van der Waals surface area contributed by atoms with Crippen LogP contribution in [-0.2, 0) is 4.79 Å². The molecule has 0 saturated carbocycles.